The van der Waals surface area contributed by atoms with Gasteiger partial charge in [-0.05, 0) is 47.4 Å². The van der Waals surface area contributed by atoms with E-state index < -0.39 is 0 Å². The zero-order valence-corrected chi connectivity index (χ0v) is 15.4. The molecule has 1 aromatic carbocycles. The van der Waals surface area contributed by atoms with Crippen molar-refractivity contribution in [2.45, 2.75) is 0 Å². The highest BCUT2D eigenvalue weighted by molar-refractivity contribution is 9.10. The van der Waals surface area contributed by atoms with E-state index in [9.17, 15) is 4.79 Å². The lowest BCUT2D eigenvalue weighted by Gasteiger charge is -1.92. The Morgan fingerprint density at radius 3 is 2.83 bits per heavy atom. The molecule has 0 spiro atoms. The van der Waals surface area contributed by atoms with Gasteiger partial charge in [-0.15, -0.1) is 16.4 Å². The maximum atomic E-state index is 12.5. The molecule has 0 bridgehead atoms. The van der Waals surface area contributed by atoms with Crippen molar-refractivity contribution < 1.29 is 0 Å². The third-order valence-electron chi connectivity index (χ3n) is 3.28. The quantitative estimate of drug-likeness (QED) is 0.512. The van der Waals surface area contributed by atoms with Crippen LogP contribution >= 0.6 is 38.6 Å². The Labute approximate surface area is 153 Å². The second-order valence-electron chi connectivity index (χ2n) is 4.98. The Balaban J connectivity index is 1.72. The molecule has 4 nitrogen and oxygen atoms in total. The lowest BCUT2D eigenvalue weighted by molar-refractivity contribution is 0.925. The van der Waals surface area contributed by atoms with Crippen LogP contribution in [0.15, 0.2) is 51.0 Å². The second kappa shape index (κ2) is 6.43. The molecular weight excluding hydrogens is 406 g/mol. The topological polar surface area (TPSA) is 47.3 Å². The number of fused-ring (bicyclic) bond motifs is 1. The van der Waals surface area contributed by atoms with Gasteiger partial charge in [-0.1, -0.05) is 45.5 Å². The van der Waals surface area contributed by atoms with Crippen LogP contribution in [0.25, 0.3) is 23.2 Å². The number of hydrogen-bond acceptors (Lipinski definition) is 5. The number of thiazole rings is 1. The van der Waals surface area contributed by atoms with Crippen LogP contribution in [-0.2, 0) is 0 Å². The van der Waals surface area contributed by atoms with Crippen LogP contribution in [0.3, 0.4) is 0 Å². The van der Waals surface area contributed by atoms with E-state index in [2.05, 4.69) is 26.0 Å². The number of halogens is 1. The highest BCUT2D eigenvalue weighted by atomic mass is 79.9. The summed E-state index contributed by atoms with van der Waals surface area (Å²) >= 11 is 6.42. The van der Waals surface area contributed by atoms with E-state index >= 15 is 0 Å². The summed E-state index contributed by atoms with van der Waals surface area (Å²) < 4.78 is 2.96. The monoisotopic (exact) mass is 415 g/mol. The zero-order chi connectivity index (χ0) is 16.5. The van der Waals surface area contributed by atoms with Crippen molar-refractivity contribution in [3.63, 3.8) is 0 Å². The van der Waals surface area contributed by atoms with Gasteiger partial charge in [-0.25, -0.2) is 0 Å². The summed E-state index contributed by atoms with van der Waals surface area (Å²) in [6.45, 7) is 0. The summed E-state index contributed by atoms with van der Waals surface area (Å²) in [7, 11) is 0. The van der Waals surface area contributed by atoms with Crippen molar-refractivity contribution >= 4 is 61.8 Å². The molecule has 3 aromatic heterocycles. The van der Waals surface area contributed by atoms with E-state index in [1.165, 1.54) is 15.9 Å². The van der Waals surface area contributed by atoms with E-state index in [1.807, 2.05) is 60.0 Å². The van der Waals surface area contributed by atoms with Gasteiger partial charge in [0.25, 0.3) is 5.56 Å². The average molecular weight is 416 g/mol. The van der Waals surface area contributed by atoms with Crippen LogP contribution in [0.1, 0.15) is 16.3 Å². The van der Waals surface area contributed by atoms with Gasteiger partial charge in [0.15, 0.2) is 5.82 Å². The van der Waals surface area contributed by atoms with Gasteiger partial charge in [0, 0.05) is 9.35 Å². The summed E-state index contributed by atoms with van der Waals surface area (Å²) in [6.07, 6.45) is 5.63. The molecule has 4 aromatic rings. The van der Waals surface area contributed by atoms with Crippen LogP contribution < -0.4 is 10.1 Å². The normalized spacial score (nSPS) is 12.6. The number of nitrogens with zero attached hydrogens (tertiary/aromatic N) is 3. The number of rotatable bonds is 3. The molecule has 0 aliphatic carbocycles. The molecule has 0 saturated carbocycles. The Kier molecular flexibility index (Phi) is 4.13. The SMILES string of the molecule is O=c1/c(=C/c2cccc(Br)c2)sc2nc(/C=C/c3cccs3)nn12. The number of benzene rings is 1. The average Bonchev–Trinajstić information content (AvgIpc) is 3.25. The molecule has 0 atom stereocenters. The fraction of sp³-hybridized carbons (Fsp3) is 0. The fourth-order valence-electron chi connectivity index (χ4n) is 2.21. The smallest absolute Gasteiger partial charge is 0.266 e. The lowest BCUT2D eigenvalue weighted by atomic mass is 10.2. The van der Waals surface area contributed by atoms with Crippen LogP contribution in [0, 0.1) is 0 Å². The molecule has 0 fully saturated rings. The number of aromatic nitrogens is 3. The summed E-state index contributed by atoms with van der Waals surface area (Å²) in [5, 5.41) is 6.30. The third kappa shape index (κ3) is 3.10. The van der Waals surface area contributed by atoms with E-state index in [-0.39, 0.29) is 5.56 Å². The highest BCUT2D eigenvalue weighted by Gasteiger charge is 2.08. The largest absolute Gasteiger partial charge is 0.291 e. The molecular formula is C17H10BrN3OS2. The summed E-state index contributed by atoms with van der Waals surface area (Å²) in [4.78, 5) is 18.6. The molecule has 0 radical (unpaired) electrons. The summed E-state index contributed by atoms with van der Waals surface area (Å²) in [6, 6.07) is 11.8. The van der Waals surface area contributed by atoms with Gasteiger partial charge in [0.1, 0.15) is 0 Å². The number of hydrogen-bond donors (Lipinski definition) is 0. The molecule has 0 unspecified atom stereocenters. The van der Waals surface area contributed by atoms with Crippen LogP contribution in [-0.4, -0.2) is 14.6 Å². The first-order valence-corrected chi connectivity index (χ1v) is 9.56. The predicted octanol–water partition coefficient (Wildman–Crippen LogP) is 3.69. The zero-order valence-electron chi connectivity index (χ0n) is 12.2. The van der Waals surface area contributed by atoms with Gasteiger partial charge in [-0.3, -0.25) is 4.79 Å². The van der Waals surface area contributed by atoms with Gasteiger partial charge in [0.05, 0.1) is 4.53 Å². The molecule has 0 aliphatic rings. The molecule has 0 N–H and O–H groups in total. The maximum Gasteiger partial charge on any atom is 0.291 e. The molecule has 7 heteroatoms. The number of thiophene rings is 1. The molecule has 3 heterocycles. The minimum atomic E-state index is -0.141. The van der Waals surface area contributed by atoms with Crippen LogP contribution in [0.5, 0.6) is 0 Å². The molecule has 0 amide bonds. The standard InChI is InChI=1S/C17H10BrN3OS2/c18-12-4-1-3-11(9-12)10-14-16(22)21-17(24-14)19-15(20-21)7-6-13-5-2-8-23-13/h1-10H/b7-6+,14-10-. The van der Waals surface area contributed by atoms with E-state index in [0.717, 1.165) is 14.9 Å². The Morgan fingerprint density at radius 1 is 1.17 bits per heavy atom. The first-order valence-electron chi connectivity index (χ1n) is 7.07. The Hall–Kier alpha value is -2.09. The second-order valence-corrected chi connectivity index (χ2v) is 7.89. The molecule has 24 heavy (non-hydrogen) atoms. The van der Waals surface area contributed by atoms with Crippen molar-refractivity contribution in [3.05, 3.63) is 77.4 Å². The lowest BCUT2D eigenvalue weighted by Crippen LogP contribution is -2.23. The van der Waals surface area contributed by atoms with Crippen molar-refractivity contribution in [2.75, 3.05) is 0 Å². The van der Waals surface area contributed by atoms with E-state index in [1.54, 1.807) is 11.3 Å². The third-order valence-corrected chi connectivity index (χ3v) is 5.57. The van der Waals surface area contributed by atoms with Crippen molar-refractivity contribution in [3.8, 4) is 0 Å². The Morgan fingerprint density at radius 2 is 2.08 bits per heavy atom. The minimum absolute atomic E-state index is 0.141. The fourth-order valence-corrected chi connectivity index (χ4v) is 4.16. The predicted molar refractivity (Wildman–Crippen MR) is 103 cm³/mol. The molecule has 0 aliphatic heterocycles. The maximum absolute atomic E-state index is 12.5. The van der Waals surface area contributed by atoms with E-state index in [0.29, 0.717) is 15.3 Å². The van der Waals surface area contributed by atoms with E-state index in [4.69, 9.17) is 0 Å². The van der Waals surface area contributed by atoms with Gasteiger partial charge in [0.2, 0.25) is 4.96 Å². The van der Waals surface area contributed by atoms with Crippen molar-refractivity contribution in [1.29, 1.82) is 0 Å². The summed E-state index contributed by atoms with van der Waals surface area (Å²) in [5.74, 6) is 0.542. The summed E-state index contributed by atoms with van der Waals surface area (Å²) in [5.41, 5.74) is 0.821. The Bertz CT molecular complexity index is 1140. The first kappa shape index (κ1) is 15.4. The van der Waals surface area contributed by atoms with Crippen molar-refractivity contribution in [2.24, 2.45) is 0 Å². The van der Waals surface area contributed by atoms with Crippen LogP contribution in [0.4, 0.5) is 0 Å². The van der Waals surface area contributed by atoms with Gasteiger partial charge < -0.3 is 0 Å². The minimum Gasteiger partial charge on any atom is -0.266 e. The van der Waals surface area contributed by atoms with Crippen LogP contribution in [0.2, 0.25) is 0 Å². The molecule has 118 valence electrons. The first-order chi connectivity index (χ1) is 11.7. The highest BCUT2D eigenvalue weighted by Crippen LogP contribution is 2.14. The molecule has 4 rings (SSSR count). The van der Waals surface area contributed by atoms with Gasteiger partial charge >= 0.3 is 0 Å². The van der Waals surface area contributed by atoms with Crippen molar-refractivity contribution in [1.82, 2.24) is 14.6 Å². The molecule has 0 saturated heterocycles. The van der Waals surface area contributed by atoms with Gasteiger partial charge in [-0.2, -0.15) is 9.50 Å².